The van der Waals surface area contributed by atoms with E-state index < -0.39 is 6.10 Å². The maximum atomic E-state index is 9.74. The Morgan fingerprint density at radius 1 is 1.53 bits per heavy atom. The van der Waals surface area contributed by atoms with E-state index in [0.29, 0.717) is 0 Å². The molecule has 1 rings (SSSR count). The molecule has 3 heteroatoms. The standard InChI is InChI=1S/C12H15NO2/c1-4-9-7-10(15-3)5-6-11(9)12(14)8-13-2/h5-7,12,14H,4,8H2,1,3H3. The van der Waals surface area contributed by atoms with Crippen LogP contribution in [0.4, 0.5) is 0 Å². The highest BCUT2D eigenvalue weighted by Crippen LogP contribution is 2.23. The highest BCUT2D eigenvalue weighted by Gasteiger charge is 2.14. The van der Waals surface area contributed by atoms with Crippen LogP contribution in [0.1, 0.15) is 24.2 Å². The third kappa shape index (κ3) is 2.71. The molecule has 15 heavy (non-hydrogen) atoms. The van der Waals surface area contributed by atoms with Crippen molar-refractivity contribution in [1.82, 2.24) is 0 Å². The molecular weight excluding hydrogens is 190 g/mol. The van der Waals surface area contributed by atoms with Gasteiger partial charge in [0.05, 0.1) is 7.11 Å². The summed E-state index contributed by atoms with van der Waals surface area (Å²) in [6, 6.07) is 5.54. The third-order valence-electron chi connectivity index (χ3n) is 2.35. The molecule has 1 unspecified atom stereocenters. The first-order valence-corrected chi connectivity index (χ1v) is 4.91. The summed E-state index contributed by atoms with van der Waals surface area (Å²) in [6.45, 7) is 8.86. The number of benzene rings is 1. The van der Waals surface area contributed by atoms with Gasteiger partial charge in [-0.25, -0.2) is 6.57 Å². The lowest BCUT2D eigenvalue weighted by Gasteiger charge is -2.11. The van der Waals surface area contributed by atoms with Crippen LogP contribution >= 0.6 is 0 Å². The summed E-state index contributed by atoms with van der Waals surface area (Å²) in [5.41, 5.74) is 1.86. The van der Waals surface area contributed by atoms with Gasteiger partial charge in [0.15, 0.2) is 6.10 Å². The molecule has 0 fully saturated rings. The molecule has 0 bridgehead atoms. The third-order valence-corrected chi connectivity index (χ3v) is 2.35. The molecule has 0 aromatic heterocycles. The fourth-order valence-electron chi connectivity index (χ4n) is 1.53. The summed E-state index contributed by atoms with van der Waals surface area (Å²) in [4.78, 5) is 3.20. The highest BCUT2D eigenvalue weighted by molar-refractivity contribution is 5.37. The van der Waals surface area contributed by atoms with Crippen LogP contribution in [0.25, 0.3) is 4.85 Å². The van der Waals surface area contributed by atoms with Crippen molar-refractivity contribution in [2.24, 2.45) is 0 Å². The van der Waals surface area contributed by atoms with E-state index in [0.717, 1.165) is 23.3 Å². The Morgan fingerprint density at radius 2 is 2.27 bits per heavy atom. The Balaban J connectivity index is 3.02. The highest BCUT2D eigenvalue weighted by atomic mass is 16.5. The second kappa shape index (κ2) is 5.38. The van der Waals surface area contributed by atoms with Crippen molar-refractivity contribution in [3.63, 3.8) is 0 Å². The van der Waals surface area contributed by atoms with E-state index in [1.165, 1.54) is 0 Å². The molecule has 0 aliphatic carbocycles. The summed E-state index contributed by atoms with van der Waals surface area (Å²) >= 11 is 0. The van der Waals surface area contributed by atoms with Crippen LogP contribution in [0, 0.1) is 6.57 Å². The minimum absolute atomic E-state index is 0.110. The summed E-state index contributed by atoms with van der Waals surface area (Å²) < 4.78 is 5.11. The molecule has 3 nitrogen and oxygen atoms in total. The first-order chi connectivity index (χ1) is 7.22. The Hall–Kier alpha value is -1.53. The number of aryl methyl sites for hydroxylation is 1. The van der Waals surface area contributed by atoms with Gasteiger partial charge in [0.2, 0.25) is 6.54 Å². The molecule has 0 spiro atoms. The maximum Gasteiger partial charge on any atom is 0.244 e. The average Bonchev–Trinajstić information content (AvgIpc) is 2.28. The molecule has 0 radical (unpaired) electrons. The van der Waals surface area contributed by atoms with Crippen LogP contribution in [-0.2, 0) is 6.42 Å². The lowest BCUT2D eigenvalue weighted by Crippen LogP contribution is -2.04. The molecule has 0 saturated carbocycles. The second-order valence-electron chi connectivity index (χ2n) is 3.27. The number of aliphatic hydroxyl groups is 1. The smallest absolute Gasteiger partial charge is 0.244 e. The molecule has 1 atom stereocenters. The van der Waals surface area contributed by atoms with Crippen molar-refractivity contribution < 1.29 is 9.84 Å². The molecule has 0 saturated heterocycles. The van der Waals surface area contributed by atoms with Crippen LogP contribution in [0.5, 0.6) is 5.75 Å². The SMILES string of the molecule is [C-]#[N+]CC(O)c1ccc(OC)cc1CC. The fraction of sp³-hybridized carbons (Fsp3) is 0.417. The van der Waals surface area contributed by atoms with Crippen LogP contribution in [0.3, 0.4) is 0 Å². The minimum atomic E-state index is -0.691. The van der Waals surface area contributed by atoms with Crippen molar-refractivity contribution in [2.75, 3.05) is 13.7 Å². The number of rotatable bonds is 4. The topological polar surface area (TPSA) is 33.8 Å². The lowest BCUT2D eigenvalue weighted by molar-refractivity contribution is 0.194. The van der Waals surface area contributed by atoms with Crippen LogP contribution in [0.2, 0.25) is 0 Å². The van der Waals surface area contributed by atoms with Gasteiger partial charge >= 0.3 is 0 Å². The van der Waals surface area contributed by atoms with Crippen molar-refractivity contribution in [1.29, 1.82) is 0 Å². The summed E-state index contributed by atoms with van der Waals surface area (Å²) in [7, 11) is 1.62. The van der Waals surface area contributed by atoms with Gasteiger partial charge in [0.1, 0.15) is 5.75 Å². The zero-order valence-electron chi connectivity index (χ0n) is 9.03. The quantitative estimate of drug-likeness (QED) is 0.765. The Bertz CT molecular complexity index is 368. The maximum absolute atomic E-state index is 9.74. The van der Waals surface area contributed by atoms with Crippen molar-refractivity contribution in [3.05, 3.63) is 40.7 Å². The summed E-state index contributed by atoms with van der Waals surface area (Å²) in [5, 5.41) is 9.74. The van der Waals surface area contributed by atoms with E-state index in [-0.39, 0.29) is 6.54 Å². The monoisotopic (exact) mass is 205 g/mol. The largest absolute Gasteiger partial charge is 0.497 e. The first-order valence-electron chi connectivity index (χ1n) is 4.91. The molecule has 1 aromatic rings. The molecule has 0 amide bonds. The molecule has 1 aromatic carbocycles. The van der Waals surface area contributed by atoms with E-state index in [9.17, 15) is 5.11 Å². The van der Waals surface area contributed by atoms with E-state index in [1.54, 1.807) is 7.11 Å². The average molecular weight is 205 g/mol. The van der Waals surface area contributed by atoms with Gasteiger partial charge in [-0.1, -0.05) is 13.0 Å². The Labute approximate surface area is 90.1 Å². The number of aliphatic hydroxyl groups excluding tert-OH is 1. The minimum Gasteiger partial charge on any atom is -0.497 e. The van der Waals surface area contributed by atoms with E-state index >= 15 is 0 Å². The van der Waals surface area contributed by atoms with Crippen LogP contribution in [0.15, 0.2) is 18.2 Å². The molecule has 0 aliphatic rings. The van der Waals surface area contributed by atoms with Gasteiger partial charge in [-0.05, 0) is 29.7 Å². The Morgan fingerprint density at radius 3 is 2.80 bits per heavy atom. The van der Waals surface area contributed by atoms with Gasteiger partial charge in [-0.15, -0.1) is 0 Å². The molecule has 1 N–H and O–H groups in total. The second-order valence-corrected chi connectivity index (χ2v) is 3.27. The molecule has 0 aliphatic heterocycles. The zero-order chi connectivity index (χ0) is 11.3. The van der Waals surface area contributed by atoms with Crippen LogP contribution in [-0.4, -0.2) is 18.8 Å². The molecule has 80 valence electrons. The van der Waals surface area contributed by atoms with Gasteiger partial charge in [-0.3, -0.25) is 0 Å². The van der Waals surface area contributed by atoms with Gasteiger partial charge in [0.25, 0.3) is 0 Å². The molecule has 0 heterocycles. The fourth-order valence-corrected chi connectivity index (χ4v) is 1.53. The van der Waals surface area contributed by atoms with Gasteiger partial charge < -0.3 is 14.7 Å². The van der Waals surface area contributed by atoms with Crippen molar-refractivity contribution in [2.45, 2.75) is 19.4 Å². The van der Waals surface area contributed by atoms with E-state index in [2.05, 4.69) is 4.85 Å². The van der Waals surface area contributed by atoms with Crippen LogP contribution < -0.4 is 4.74 Å². The number of hydrogen-bond donors (Lipinski definition) is 1. The zero-order valence-corrected chi connectivity index (χ0v) is 9.03. The number of nitrogens with zero attached hydrogens (tertiary/aromatic N) is 1. The number of ether oxygens (including phenoxy) is 1. The first kappa shape index (κ1) is 11.5. The van der Waals surface area contributed by atoms with E-state index in [1.807, 2.05) is 25.1 Å². The number of hydrogen-bond acceptors (Lipinski definition) is 2. The predicted octanol–water partition coefficient (Wildman–Crippen LogP) is 2.21. The summed E-state index contributed by atoms with van der Waals surface area (Å²) in [6.07, 6.45) is 0.130. The summed E-state index contributed by atoms with van der Waals surface area (Å²) in [5.74, 6) is 0.783. The van der Waals surface area contributed by atoms with E-state index in [4.69, 9.17) is 11.3 Å². The van der Waals surface area contributed by atoms with Gasteiger partial charge in [-0.2, -0.15) is 0 Å². The predicted molar refractivity (Wildman–Crippen MR) is 58.8 cm³/mol. The number of methoxy groups -OCH3 is 1. The van der Waals surface area contributed by atoms with Gasteiger partial charge in [0, 0.05) is 0 Å². The Kier molecular flexibility index (Phi) is 4.14. The van der Waals surface area contributed by atoms with Crippen molar-refractivity contribution in [3.8, 4) is 5.75 Å². The lowest BCUT2D eigenvalue weighted by atomic mass is 10.00. The normalized spacial score (nSPS) is 11.9. The van der Waals surface area contributed by atoms with Crippen molar-refractivity contribution >= 4 is 0 Å². The molecular formula is C12H15NO2.